The van der Waals surface area contributed by atoms with Crippen LogP contribution in [0.4, 0.5) is 5.95 Å². The summed E-state index contributed by atoms with van der Waals surface area (Å²) in [7, 11) is 0. The van der Waals surface area contributed by atoms with Gasteiger partial charge in [-0.1, -0.05) is 6.07 Å². The molecule has 3 heterocycles. The first-order valence-electron chi connectivity index (χ1n) is 6.36. The summed E-state index contributed by atoms with van der Waals surface area (Å²) in [6.45, 7) is 1.99. The lowest BCUT2D eigenvalue weighted by Gasteiger charge is -2.32. The molecule has 0 saturated carbocycles. The minimum Gasteiger partial charge on any atom is -0.340 e. The van der Waals surface area contributed by atoms with Crippen molar-refractivity contribution in [3.05, 3.63) is 48.5 Å². The molecular formula is C14H16N4. The number of nitrogens with zero attached hydrogens (tertiary/aromatic N) is 4. The summed E-state index contributed by atoms with van der Waals surface area (Å²) in [6, 6.07) is 7.98. The third-order valence-electron chi connectivity index (χ3n) is 3.36. The van der Waals surface area contributed by atoms with Crippen molar-refractivity contribution in [1.29, 1.82) is 0 Å². The highest BCUT2D eigenvalue weighted by atomic mass is 15.2. The van der Waals surface area contributed by atoms with Gasteiger partial charge in [-0.2, -0.15) is 0 Å². The number of anilines is 1. The standard InChI is InChI=1S/C14H16N4/c1-2-7-15-13(6-1)12-5-3-10-18(11-12)14-16-8-4-9-17-14/h1-2,4,6-9,12H,3,5,10-11H2. The Bertz CT molecular complexity index is 440. The molecule has 0 radical (unpaired) electrons. The number of rotatable bonds is 2. The molecule has 1 unspecified atom stereocenters. The summed E-state index contributed by atoms with van der Waals surface area (Å²) in [5, 5.41) is 0. The zero-order valence-corrected chi connectivity index (χ0v) is 10.2. The second kappa shape index (κ2) is 5.12. The van der Waals surface area contributed by atoms with Crippen LogP contribution in [0.5, 0.6) is 0 Å². The van der Waals surface area contributed by atoms with Gasteiger partial charge < -0.3 is 4.90 Å². The zero-order valence-electron chi connectivity index (χ0n) is 10.2. The monoisotopic (exact) mass is 240 g/mol. The minimum atomic E-state index is 0.490. The first kappa shape index (κ1) is 11.1. The van der Waals surface area contributed by atoms with Crippen LogP contribution in [0.2, 0.25) is 0 Å². The minimum absolute atomic E-state index is 0.490. The van der Waals surface area contributed by atoms with E-state index >= 15 is 0 Å². The molecule has 1 atom stereocenters. The van der Waals surface area contributed by atoms with Gasteiger partial charge in [-0.3, -0.25) is 4.98 Å². The second-order valence-electron chi connectivity index (χ2n) is 4.59. The van der Waals surface area contributed by atoms with Gasteiger partial charge in [0.05, 0.1) is 0 Å². The highest BCUT2D eigenvalue weighted by Gasteiger charge is 2.23. The van der Waals surface area contributed by atoms with E-state index in [4.69, 9.17) is 0 Å². The molecule has 1 aliphatic heterocycles. The second-order valence-corrected chi connectivity index (χ2v) is 4.59. The summed E-state index contributed by atoms with van der Waals surface area (Å²) in [5.41, 5.74) is 1.18. The maximum Gasteiger partial charge on any atom is 0.225 e. The van der Waals surface area contributed by atoms with E-state index in [1.807, 2.05) is 18.3 Å². The summed E-state index contributed by atoms with van der Waals surface area (Å²) in [4.78, 5) is 15.4. The van der Waals surface area contributed by atoms with Crippen LogP contribution in [0.25, 0.3) is 0 Å². The first-order chi connectivity index (χ1) is 8.93. The third kappa shape index (κ3) is 2.32. The van der Waals surface area contributed by atoms with Crippen LogP contribution in [0.3, 0.4) is 0 Å². The van der Waals surface area contributed by atoms with Crippen molar-refractivity contribution < 1.29 is 0 Å². The Balaban J connectivity index is 1.77. The number of hydrogen-bond donors (Lipinski definition) is 0. The van der Waals surface area contributed by atoms with E-state index in [0.717, 1.165) is 19.0 Å². The van der Waals surface area contributed by atoms with Gasteiger partial charge in [-0.05, 0) is 31.0 Å². The first-order valence-corrected chi connectivity index (χ1v) is 6.36. The number of hydrogen-bond acceptors (Lipinski definition) is 4. The third-order valence-corrected chi connectivity index (χ3v) is 3.36. The summed E-state index contributed by atoms with van der Waals surface area (Å²) >= 11 is 0. The van der Waals surface area contributed by atoms with Gasteiger partial charge in [0, 0.05) is 43.3 Å². The van der Waals surface area contributed by atoms with Crippen molar-refractivity contribution in [2.75, 3.05) is 18.0 Å². The maximum atomic E-state index is 4.46. The van der Waals surface area contributed by atoms with Crippen molar-refractivity contribution in [3.8, 4) is 0 Å². The molecule has 0 bridgehead atoms. The van der Waals surface area contributed by atoms with Crippen molar-refractivity contribution >= 4 is 5.95 Å². The Morgan fingerprint density at radius 2 is 1.83 bits per heavy atom. The molecule has 2 aromatic heterocycles. The smallest absolute Gasteiger partial charge is 0.225 e. The van der Waals surface area contributed by atoms with Gasteiger partial charge >= 0.3 is 0 Å². The molecule has 1 fully saturated rings. The largest absolute Gasteiger partial charge is 0.340 e. The zero-order chi connectivity index (χ0) is 12.2. The van der Waals surface area contributed by atoms with Gasteiger partial charge in [0.1, 0.15) is 0 Å². The normalized spacial score (nSPS) is 19.8. The van der Waals surface area contributed by atoms with Crippen molar-refractivity contribution in [1.82, 2.24) is 15.0 Å². The molecule has 18 heavy (non-hydrogen) atoms. The fourth-order valence-electron chi connectivity index (χ4n) is 2.47. The van der Waals surface area contributed by atoms with Gasteiger partial charge in [0.15, 0.2) is 0 Å². The van der Waals surface area contributed by atoms with Gasteiger partial charge in [-0.15, -0.1) is 0 Å². The SMILES string of the molecule is c1ccc(C2CCCN(c3ncccn3)C2)nc1. The quantitative estimate of drug-likeness (QED) is 0.807. The highest BCUT2D eigenvalue weighted by Crippen LogP contribution is 2.26. The van der Waals surface area contributed by atoms with E-state index in [2.05, 4.69) is 32.0 Å². The maximum absolute atomic E-state index is 4.46. The van der Waals surface area contributed by atoms with Gasteiger partial charge in [-0.25, -0.2) is 9.97 Å². The fraction of sp³-hybridized carbons (Fsp3) is 0.357. The van der Waals surface area contributed by atoms with Crippen LogP contribution in [0, 0.1) is 0 Å². The van der Waals surface area contributed by atoms with Gasteiger partial charge in [0.25, 0.3) is 0 Å². The Hall–Kier alpha value is -1.97. The van der Waals surface area contributed by atoms with E-state index in [1.165, 1.54) is 18.5 Å². The lowest BCUT2D eigenvalue weighted by molar-refractivity contribution is 0.495. The Morgan fingerprint density at radius 3 is 2.61 bits per heavy atom. The molecular weight excluding hydrogens is 224 g/mol. The van der Waals surface area contributed by atoms with Crippen molar-refractivity contribution in [3.63, 3.8) is 0 Å². The Kier molecular flexibility index (Phi) is 3.17. The van der Waals surface area contributed by atoms with E-state index in [1.54, 1.807) is 12.4 Å². The van der Waals surface area contributed by atoms with Crippen LogP contribution < -0.4 is 4.90 Å². The molecule has 0 aromatic carbocycles. The fourth-order valence-corrected chi connectivity index (χ4v) is 2.47. The summed E-state index contributed by atoms with van der Waals surface area (Å²) in [6.07, 6.45) is 7.83. The van der Waals surface area contributed by atoms with Crippen LogP contribution in [-0.2, 0) is 0 Å². The Labute approximate surface area is 107 Å². The highest BCUT2D eigenvalue weighted by molar-refractivity contribution is 5.31. The summed E-state index contributed by atoms with van der Waals surface area (Å²) in [5.74, 6) is 1.32. The average molecular weight is 240 g/mol. The van der Waals surface area contributed by atoms with E-state index in [9.17, 15) is 0 Å². The molecule has 1 aliphatic rings. The molecule has 0 aliphatic carbocycles. The predicted octanol–water partition coefficient (Wildman–Crippen LogP) is 2.26. The predicted molar refractivity (Wildman–Crippen MR) is 70.5 cm³/mol. The summed E-state index contributed by atoms with van der Waals surface area (Å²) < 4.78 is 0. The lowest BCUT2D eigenvalue weighted by atomic mass is 9.94. The molecule has 2 aromatic rings. The van der Waals surface area contributed by atoms with E-state index < -0.39 is 0 Å². The topological polar surface area (TPSA) is 41.9 Å². The molecule has 1 saturated heterocycles. The average Bonchev–Trinajstić information content (AvgIpc) is 2.49. The van der Waals surface area contributed by atoms with Crippen LogP contribution in [0.1, 0.15) is 24.5 Å². The molecule has 3 rings (SSSR count). The molecule has 4 nitrogen and oxygen atoms in total. The number of piperidine rings is 1. The van der Waals surface area contributed by atoms with E-state index in [0.29, 0.717) is 5.92 Å². The molecule has 0 spiro atoms. The van der Waals surface area contributed by atoms with Crippen LogP contribution >= 0.6 is 0 Å². The van der Waals surface area contributed by atoms with Gasteiger partial charge in [0.2, 0.25) is 5.95 Å². The van der Waals surface area contributed by atoms with Crippen LogP contribution in [-0.4, -0.2) is 28.0 Å². The van der Waals surface area contributed by atoms with Crippen LogP contribution in [0.15, 0.2) is 42.9 Å². The number of aromatic nitrogens is 3. The number of pyridine rings is 1. The van der Waals surface area contributed by atoms with Crippen molar-refractivity contribution in [2.24, 2.45) is 0 Å². The lowest BCUT2D eigenvalue weighted by Crippen LogP contribution is -2.35. The molecule has 0 N–H and O–H groups in total. The molecule has 0 amide bonds. The molecule has 4 heteroatoms. The van der Waals surface area contributed by atoms with E-state index in [-0.39, 0.29) is 0 Å². The molecule has 92 valence electrons. The van der Waals surface area contributed by atoms with Crippen molar-refractivity contribution in [2.45, 2.75) is 18.8 Å². The Morgan fingerprint density at radius 1 is 1.00 bits per heavy atom.